The van der Waals surface area contributed by atoms with Gasteiger partial charge in [-0.2, -0.15) is 0 Å². The average molecular weight is 295 g/mol. The van der Waals surface area contributed by atoms with E-state index in [-0.39, 0.29) is 12.3 Å². The molecule has 18 heavy (non-hydrogen) atoms. The van der Waals surface area contributed by atoms with Crippen molar-refractivity contribution in [1.82, 2.24) is 5.32 Å². The highest BCUT2D eigenvalue weighted by atomic mass is 33.1. The molecule has 0 aliphatic carbocycles. The topological polar surface area (TPSA) is 66.4 Å². The van der Waals surface area contributed by atoms with Crippen LogP contribution in [0.1, 0.15) is 32.1 Å². The maximum Gasteiger partial charge on any atom is 0.328 e. The van der Waals surface area contributed by atoms with Crippen molar-refractivity contribution >= 4 is 33.5 Å². The highest BCUT2D eigenvalue weighted by Gasteiger charge is 2.19. The minimum absolute atomic E-state index is 0.272. The fourth-order valence-corrected chi connectivity index (χ4v) is 4.68. The van der Waals surface area contributed by atoms with Crippen LogP contribution in [0.4, 0.5) is 4.39 Å². The number of carboxylic acid groups (broad SMARTS) is 1. The first-order chi connectivity index (χ1) is 8.63. The first-order valence-electron chi connectivity index (χ1n) is 6.00. The van der Waals surface area contributed by atoms with Gasteiger partial charge in [0.15, 0.2) is 6.04 Å². The summed E-state index contributed by atoms with van der Waals surface area (Å²) in [5, 5.41) is 11.4. The zero-order chi connectivity index (χ0) is 13.4. The smallest absolute Gasteiger partial charge is 0.328 e. The lowest BCUT2D eigenvalue weighted by atomic mass is 10.1. The third-order valence-corrected chi connectivity index (χ3v) is 5.70. The van der Waals surface area contributed by atoms with E-state index in [9.17, 15) is 14.0 Å². The number of carbonyl (C=O) groups is 2. The molecular weight excluding hydrogens is 277 g/mol. The summed E-state index contributed by atoms with van der Waals surface area (Å²) in [5.74, 6) is -0.509. The van der Waals surface area contributed by atoms with E-state index in [4.69, 9.17) is 5.11 Å². The molecule has 0 spiro atoms. The number of unbranched alkanes of at least 4 members (excludes halogenated alkanes) is 1. The number of halogens is 1. The molecule has 7 heteroatoms. The average Bonchev–Trinajstić information content (AvgIpc) is 2.84. The van der Waals surface area contributed by atoms with Crippen LogP contribution in [-0.2, 0) is 9.59 Å². The van der Waals surface area contributed by atoms with Gasteiger partial charge < -0.3 is 10.4 Å². The summed E-state index contributed by atoms with van der Waals surface area (Å²) in [6.07, 6.45) is 4.28. The summed E-state index contributed by atoms with van der Waals surface area (Å²) >= 11 is 0. The van der Waals surface area contributed by atoms with E-state index in [1.54, 1.807) is 0 Å². The first kappa shape index (κ1) is 15.6. The molecule has 0 aromatic rings. The van der Waals surface area contributed by atoms with Gasteiger partial charge in [-0.05, 0) is 19.3 Å². The fourth-order valence-electron chi connectivity index (χ4n) is 1.65. The van der Waals surface area contributed by atoms with Crippen LogP contribution >= 0.6 is 21.6 Å². The fraction of sp³-hybridized carbons (Fsp3) is 0.818. The monoisotopic (exact) mass is 295 g/mol. The van der Waals surface area contributed by atoms with Crippen LogP contribution in [0.2, 0.25) is 0 Å². The van der Waals surface area contributed by atoms with E-state index < -0.39 is 18.7 Å². The molecule has 1 fully saturated rings. The molecule has 0 aromatic carbocycles. The summed E-state index contributed by atoms with van der Waals surface area (Å²) in [6, 6.07) is -1.40. The van der Waals surface area contributed by atoms with E-state index >= 15 is 0 Å². The maximum atomic E-state index is 12.3. The van der Waals surface area contributed by atoms with Crippen molar-refractivity contribution in [3.63, 3.8) is 0 Å². The third kappa shape index (κ3) is 5.95. The Morgan fingerprint density at radius 1 is 1.44 bits per heavy atom. The minimum atomic E-state index is -1.40. The molecule has 1 amide bonds. The van der Waals surface area contributed by atoms with Gasteiger partial charge in [0.25, 0.3) is 0 Å². The molecule has 1 aliphatic heterocycles. The SMILES string of the molecule is O=C(CCCCC1CCSS1)NC(CF)C(=O)O. The standard InChI is InChI=1S/C11H18FNO3S2/c12-7-9(11(15)16)13-10(14)4-2-1-3-8-5-6-17-18-8/h8-9H,1-7H2,(H,13,14)(H,15,16). The van der Waals surface area contributed by atoms with Gasteiger partial charge in [-0.15, -0.1) is 0 Å². The Labute approximate surface area is 114 Å². The number of carbonyl (C=O) groups excluding carboxylic acids is 1. The zero-order valence-electron chi connectivity index (χ0n) is 10.1. The Morgan fingerprint density at radius 3 is 2.78 bits per heavy atom. The third-order valence-electron chi connectivity index (χ3n) is 2.69. The Bertz CT molecular complexity index is 285. The summed E-state index contributed by atoms with van der Waals surface area (Å²) in [7, 11) is 3.80. The summed E-state index contributed by atoms with van der Waals surface area (Å²) in [5.41, 5.74) is 0. The summed E-state index contributed by atoms with van der Waals surface area (Å²) in [6.45, 7) is -1.07. The maximum absolute atomic E-state index is 12.3. The quantitative estimate of drug-likeness (QED) is 0.531. The van der Waals surface area contributed by atoms with Crippen LogP contribution in [0, 0.1) is 0 Å². The second kappa shape index (κ2) is 8.63. The van der Waals surface area contributed by atoms with Crippen molar-refractivity contribution in [1.29, 1.82) is 0 Å². The zero-order valence-corrected chi connectivity index (χ0v) is 11.7. The lowest BCUT2D eigenvalue weighted by molar-refractivity contribution is -0.142. The Kier molecular flexibility index (Phi) is 7.50. The first-order valence-corrected chi connectivity index (χ1v) is 8.38. The number of rotatable bonds is 8. The normalized spacial score (nSPS) is 20.6. The van der Waals surface area contributed by atoms with Crippen LogP contribution in [0.15, 0.2) is 0 Å². The highest BCUT2D eigenvalue weighted by molar-refractivity contribution is 8.77. The summed E-state index contributed by atoms with van der Waals surface area (Å²) in [4.78, 5) is 21.9. The molecule has 0 bridgehead atoms. The number of hydrogen-bond acceptors (Lipinski definition) is 4. The Morgan fingerprint density at radius 2 is 2.22 bits per heavy atom. The largest absolute Gasteiger partial charge is 0.480 e. The lowest BCUT2D eigenvalue weighted by Gasteiger charge is -2.11. The predicted molar refractivity (Wildman–Crippen MR) is 72.5 cm³/mol. The Hall–Kier alpha value is -0.430. The molecule has 0 aromatic heterocycles. The van der Waals surface area contributed by atoms with Gasteiger partial charge in [-0.25, -0.2) is 9.18 Å². The van der Waals surface area contributed by atoms with E-state index in [1.165, 1.54) is 12.2 Å². The molecular formula is C11H18FNO3S2. The van der Waals surface area contributed by atoms with Gasteiger partial charge in [0.05, 0.1) is 0 Å². The lowest BCUT2D eigenvalue weighted by Crippen LogP contribution is -2.42. The van der Waals surface area contributed by atoms with Crippen LogP contribution in [0.25, 0.3) is 0 Å². The van der Waals surface area contributed by atoms with Crippen molar-refractivity contribution in [2.75, 3.05) is 12.4 Å². The minimum Gasteiger partial charge on any atom is -0.480 e. The van der Waals surface area contributed by atoms with E-state index in [0.717, 1.165) is 19.3 Å². The molecule has 2 unspecified atom stereocenters. The van der Waals surface area contributed by atoms with E-state index in [1.807, 2.05) is 21.6 Å². The predicted octanol–water partition coefficient (Wildman–Crippen LogP) is 2.24. The van der Waals surface area contributed by atoms with Gasteiger partial charge in [0, 0.05) is 17.4 Å². The molecule has 2 N–H and O–H groups in total. The molecule has 1 rings (SSSR count). The van der Waals surface area contributed by atoms with E-state index in [2.05, 4.69) is 5.32 Å². The summed E-state index contributed by atoms with van der Waals surface area (Å²) < 4.78 is 12.3. The van der Waals surface area contributed by atoms with Crippen LogP contribution < -0.4 is 5.32 Å². The molecule has 1 heterocycles. The highest BCUT2D eigenvalue weighted by Crippen LogP contribution is 2.39. The molecule has 2 atom stereocenters. The van der Waals surface area contributed by atoms with Crippen molar-refractivity contribution in [2.45, 2.75) is 43.4 Å². The number of hydrogen-bond donors (Lipinski definition) is 2. The molecule has 0 saturated carbocycles. The number of carboxylic acids is 1. The molecule has 104 valence electrons. The number of aliphatic carboxylic acids is 1. The Balaban J connectivity index is 2.07. The second-order valence-electron chi connectivity index (χ2n) is 4.19. The van der Waals surface area contributed by atoms with E-state index in [0.29, 0.717) is 5.25 Å². The number of alkyl halides is 1. The molecule has 1 saturated heterocycles. The molecule has 4 nitrogen and oxygen atoms in total. The van der Waals surface area contributed by atoms with Gasteiger partial charge in [-0.1, -0.05) is 28.0 Å². The van der Waals surface area contributed by atoms with Crippen molar-refractivity contribution in [3.05, 3.63) is 0 Å². The van der Waals surface area contributed by atoms with Crippen molar-refractivity contribution in [3.8, 4) is 0 Å². The van der Waals surface area contributed by atoms with Gasteiger partial charge in [0.1, 0.15) is 6.67 Å². The van der Waals surface area contributed by atoms with Crippen molar-refractivity contribution < 1.29 is 19.1 Å². The van der Waals surface area contributed by atoms with Gasteiger partial charge in [0.2, 0.25) is 5.91 Å². The van der Waals surface area contributed by atoms with Crippen molar-refractivity contribution in [2.24, 2.45) is 0 Å². The van der Waals surface area contributed by atoms with Crippen LogP contribution in [0.5, 0.6) is 0 Å². The number of amides is 1. The van der Waals surface area contributed by atoms with Gasteiger partial charge >= 0.3 is 5.97 Å². The van der Waals surface area contributed by atoms with Gasteiger partial charge in [-0.3, -0.25) is 4.79 Å². The molecule has 0 radical (unpaired) electrons. The van der Waals surface area contributed by atoms with Crippen LogP contribution in [0.3, 0.4) is 0 Å². The molecule has 1 aliphatic rings. The second-order valence-corrected chi connectivity index (χ2v) is 6.97. The van der Waals surface area contributed by atoms with Crippen LogP contribution in [-0.4, -0.2) is 40.7 Å². The number of nitrogens with one attached hydrogen (secondary N) is 1.